The first-order valence-corrected chi connectivity index (χ1v) is 5.19. The van der Waals surface area contributed by atoms with Crippen LogP contribution in [0.5, 0.6) is 0 Å². The number of anilines is 1. The molecule has 4 heteroatoms. The molecule has 0 bridgehead atoms. The van der Waals surface area contributed by atoms with Gasteiger partial charge in [0.1, 0.15) is 11.0 Å². The Balaban J connectivity index is 1.95. The van der Waals surface area contributed by atoms with Crippen LogP contribution in [0.15, 0.2) is 18.2 Å². The van der Waals surface area contributed by atoms with Crippen LogP contribution in [0, 0.1) is 0 Å². The molecule has 1 aromatic heterocycles. The largest absolute Gasteiger partial charge is 0.379 e. The molecule has 1 aliphatic rings. The summed E-state index contributed by atoms with van der Waals surface area (Å²) in [5.41, 5.74) is 0. The van der Waals surface area contributed by atoms with E-state index in [1.807, 2.05) is 12.1 Å². The van der Waals surface area contributed by atoms with E-state index in [1.54, 1.807) is 6.07 Å². The van der Waals surface area contributed by atoms with Gasteiger partial charge in [-0.15, -0.1) is 0 Å². The molecule has 2 heterocycles. The van der Waals surface area contributed by atoms with Crippen molar-refractivity contribution in [2.45, 2.75) is 18.9 Å². The molecule has 0 spiro atoms. The van der Waals surface area contributed by atoms with Crippen molar-refractivity contribution in [2.75, 3.05) is 18.5 Å². The summed E-state index contributed by atoms with van der Waals surface area (Å²) in [7, 11) is 0. The van der Waals surface area contributed by atoms with Gasteiger partial charge in [0.2, 0.25) is 0 Å². The first kappa shape index (κ1) is 9.74. The number of nitrogens with zero attached hydrogens (tertiary/aromatic N) is 1. The summed E-state index contributed by atoms with van der Waals surface area (Å²) in [5, 5.41) is 3.82. The normalized spacial score (nSPS) is 21.9. The second-order valence-corrected chi connectivity index (χ2v) is 3.79. The van der Waals surface area contributed by atoms with Crippen LogP contribution in [0.1, 0.15) is 12.8 Å². The SMILES string of the molecule is Clc1cccc(NC2CCCOC2)n1. The fraction of sp³-hybridized carbons (Fsp3) is 0.500. The van der Waals surface area contributed by atoms with Crippen molar-refractivity contribution >= 4 is 17.4 Å². The standard InChI is InChI=1S/C10H13ClN2O/c11-9-4-1-5-10(13-9)12-8-3-2-6-14-7-8/h1,4-5,8H,2-3,6-7H2,(H,12,13). The topological polar surface area (TPSA) is 34.1 Å². The minimum absolute atomic E-state index is 0.370. The summed E-state index contributed by atoms with van der Waals surface area (Å²) >= 11 is 5.78. The zero-order chi connectivity index (χ0) is 9.80. The molecule has 76 valence electrons. The lowest BCUT2D eigenvalue weighted by atomic mass is 10.1. The van der Waals surface area contributed by atoms with Crippen LogP contribution in [0.4, 0.5) is 5.82 Å². The molecule has 0 saturated carbocycles. The van der Waals surface area contributed by atoms with Crippen LogP contribution in [0.25, 0.3) is 0 Å². The van der Waals surface area contributed by atoms with Crippen molar-refractivity contribution in [3.8, 4) is 0 Å². The molecule has 1 saturated heterocycles. The zero-order valence-electron chi connectivity index (χ0n) is 7.87. The van der Waals surface area contributed by atoms with Crippen molar-refractivity contribution in [2.24, 2.45) is 0 Å². The fourth-order valence-electron chi connectivity index (χ4n) is 1.55. The van der Waals surface area contributed by atoms with Gasteiger partial charge >= 0.3 is 0 Å². The Morgan fingerprint density at radius 1 is 1.50 bits per heavy atom. The van der Waals surface area contributed by atoms with Crippen molar-refractivity contribution in [3.63, 3.8) is 0 Å². The Morgan fingerprint density at radius 2 is 2.43 bits per heavy atom. The number of hydrogen-bond acceptors (Lipinski definition) is 3. The Bertz CT molecular complexity index is 300. The molecule has 14 heavy (non-hydrogen) atoms. The van der Waals surface area contributed by atoms with Gasteiger partial charge in [0.25, 0.3) is 0 Å². The second-order valence-electron chi connectivity index (χ2n) is 3.40. The minimum atomic E-state index is 0.370. The highest BCUT2D eigenvalue weighted by atomic mass is 35.5. The van der Waals surface area contributed by atoms with E-state index in [0.29, 0.717) is 11.2 Å². The number of aromatic nitrogens is 1. The van der Waals surface area contributed by atoms with Gasteiger partial charge in [0.15, 0.2) is 0 Å². The van der Waals surface area contributed by atoms with Crippen LogP contribution in [0.3, 0.4) is 0 Å². The van der Waals surface area contributed by atoms with E-state index in [1.165, 1.54) is 0 Å². The summed E-state index contributed by atoms with van der Waals surface area (Å²) in [6, 6.07) is 5.95. The predicted molar refractivity (Wildman–Crippen MR) is 56.7 cm³/mol. The first-order chi connectivity index (χ1) is 6.84. The third-order valence-electron chi connectivity index (χ3n) is 2.23. The van der Waals surface area contributed by atoms with Gasteiger partial charge in [-0.3, -0.25) is 0 Å². The predicted octanol–water partition coefficient (Wildman–Crippen LogP) is 2.33. The van der Waals surface area contributed by atoms with Crippen LogP contribution in [0.2, 0.25) is 5.15 Å². The van der Waals surface area contributed by atoms with Crippen LogP contribution < -0.4 is 5.32 Å². The molecular formula is C10H13ClN2O. The minimum Gasteiger partial charge on any atom is -0.379 e. The molecule has 2 rings (SSSR count). The van der Waals surface area contributed by atoms with Crippen molar-refractivity contribution in [1.29, 1.82) is 0 Å². The molecule has 0 amide bonds. The van der Waals surface area contributed by atoms with Gasteiger partial charge in [-0.25, -0.2) is 4.98 Å². The van der Waals surface area contributed by atoms with Crippen LogP contribution >= 0.6 is 11.6 Å². The number of halogens is 1. The Morgan fingerprint density at radius 3 is 3.14 bits per heavy atom. The van der Waals surface area contributed by atoms with Crippen molar-refractivity contribution in [1.82, 2.24) is 4.98 Å². The van der Waals surface area contributed by atoms with Gasteiger partial charge in [-0.1, -0.05) is 17.7 Å². The van der Waals surface area contributed by atoms with Gasteiger partial charge < -0.3 is 10.1 Å². The van der Waals surface area contributed by atoms with E-state index in [0.717, 1.165) is 31.9 Å². The molecule has 1 N–H and O–H groups in total. The molecule has 0 aliphatic carbocycles. The fourth-order valence-corrected chi connectivity index (χ4v) is 1.72. The first-order valence-electron chi connectivity index (χ1n) is 4.81. The second kappa shape index (κ2) is 4.62. The highest BCUT2D eigenvalue weighted by molar-refractivity contribution is 6.29. The summed E-state index contributed by atoms with van der Waals surface area (Å²) in [4.78, 5) is 4.17. The maximum atomic E-state index is 5.78. The summed E-state index contributed by atoms with van der Waals surface area (Å²) in [6.45, 7) is 1.63. The quantitative estimate of drug-likeness (QED) is 0.765. The van der Waals surface area contributed by atoms with E-state index in [4.69, 9.17) is 16.3 Å². The van der Waals surface area contributed by atoms with E-state index in [-0.39, 0.29) is 0 Å². The van der Waals surface area contributed by atoms with E-state index < -0.39 is 0 Å². The lowest BCUT2D eigenvalue weighted by Crippen LogP contribution is -2.30. The average molecular weight is 213 g/mol. The lowest BCUT2D eigenvalue weighted by molar-refractivity contribution is 0.0875. The summed E-state index contributed by atoms with van der Waals surface area (Å²) in [6.07, 6.45) is 2.24. The van der Waals surface area contributed by atoms with Crippen molar-refractivity contribution < 1.29 is 4.74 Å². The van der Waals surface area contributed by atoms with Crippen LogP contribution in [-0.4, -0.2) is 24.2 Å². The van der Waals surface area contributed by atoms with Gasteiger partial charge in [-0.2, -0.15) is 0 Å². The number of hydrogen-bond donors (Lipinski definition) is 1. The zero-order valence-corrected chi connectivity index (χ0v) is 8.63. The number of pyridine rings is 1. The number of nitrogens with one attached hydrogen (secondary N) is 1. The van der Waals surface area contributed by atoms with Crippen molar-refractivity contribution in [3.05, 3.63) is 23.4 Å². The molecule has 1 aliphatic heterocycles. The Kier molecular flexibility index (Phi) is 3.22. The maximum absolute atomic E-state index is 5.78. The molecular weight excluding hydrogens is 200 g/mol. The number of rotatable bonds is 2. The Hall–Kier alpha value is -0.800. The smallest absolute Gasteiger partial charge is 0.131 e. The lowest BCUT2D eigenvalue weighted by Gasteiger charge is -2.23. The third-order valence-corrected chi connectivity index (χ3v) is 2.44. The molecule has 1 atom stereocenters. The monoisotopic (exact) mass is 212 g/mol. The van der Waals surface area contributed by atoms with Crippen LogP contribution in [-0.2, 0) is 4.74 Å². The van der Waals surface area contributed by atoms with E-state index in [2.05, 4.69) is 10.3 Å². The Labute approximate surface area is 88.4 Å². The highest BCUT2D eigenvalue weighted by Gasteiger charge is 2.13. The molecule has 0 aromatic carbocycles. The maximum Gasteiger partial charge on any atom is 0.131 e. The van der Waals surface area contributed by atoms with E-state index in [9.17, 15) is 0 Å². The summed E-state index contributed by atoms with van der Waals surface area (Å²) in [5.74, 6) is 0.827. The average Bonchev–Trinajstić information content (AvgIpc) is 2.19. The van der Waals surface area contributed by atoms with Gasteiger partial charge in [0, 0.05) is 6.61 Å². The van der Waals surface area contributed by atoms with Gasteiger partial charge in [0.05, 0.1) is 12.6 Å². The van der Waals surface area contributed by atoms with Gasteiger partial charge in [-0.05, 0) is 25.0 Å². The molecule has 3 nitrogen and oxygen atoms in total. The third kappa shape index (κ3) is 2.59. The molecule has 1 aromatic rings. The molecule has 1 fully saturated rings. The molecule has 0 radical (unpaired) electrons. The highest BCUT2D eigenvalue weighted by Crippen LogP contribution is 2.14. The summed E-state index contributed by atoms with van der Waals surface area (Å²) < 4.78 is 5.36. The van der Waals surface area contributed by atoms with E-state index >= 15 is 0 Å². The molecule has 1 unspecified atom stereocenters. The number of ether oxygens (including phenoxy) is 1.